The molecule has 2 saturated heterocycles. The number of nitriles is 1. The predicted octanol–water partition coefficient (Wildman–Crippen LogP) is 5.24. The molecule has 41 heavy (non-hydrogen) atoms. The van der Waals surface area contributed by atoms with Crippen molar-refractivity contribution in [3.63, 3.8) is 0 Å². The molecule has 2 fully saturated rings. The summed E-state index contributed by atoms with van der Waals surface area (Å²) in [6, 6.07) is 15.6. The molecule has 1 N–H and O–H groups in total. The predicted molar refractivity (Wildman–Crippen MR) is 146 cm³/mol. The highest BCUT2D eigenvalue weighted by Gasteiger charge is 2.28. The van der Waals surface area contributed by atoms with Crippen molar-refractivity contribution in [2.75, 3.05) is 19.7 Å². The van der Waals surface area contributed by atoms with Crippen molar-refractivity contribution in [2.45, 2.75) is 44.6 Å². The van der Waals surface area contributed by atoms with Crippen LogP contribution in [-0.4, -0.2) is 51.3 Å². The molecule has 3 aromatic carbocycles. The van der Waals surface area contributed by atoms with Crippen molar-refractivity contribution in [3.05, 3.63) is 94.3 Å². The Bertz CT molecular complexity index is 1660. The summed E-state index contributed by atoms with van der Waals surface area (Å²) in [7, 11) is 0. The molecule has 0 spiro atoms. The molecule has 6 rings (SSSR count). The molecule has 1 aromatic heterocycles. The van der Waals surface area contributed by atoms with Crippen LogP contribution in [0.15, 0.2) is 54.6 Å². The van der Waals surface area contributed by atoms with Crippen LogP contribution < -0.4 is 4.74 Å². The van der Waals surface area contributed by atoms with Gasteiger partial charge in [0, 0.05) is 18.7 Å². The Morgan fingerprint density at radius 1 is 1.15 bits per heavy atom. The maximum absolute atomic E-state index is 14.7. The number of carboxylic acids is 1. The smallest absolute Gasteiger partial charge is 0.335 e. The van der Waals surface area contributed by atoms with Gasteiger partial charge in [-0.3, -0.25) is 4.90 Å². The fourth-order valence-corrected chi connectivity index (χ4v) is 5.54. The first-order valence-corrected chi connectivity index (χ1v) is 13.5. The minimum absolute atomic E-state index is 0.0575. The molecule has 0 aliphatic carbocycles. The Labute approximate surface area is 235 Å². The summed E-state index contributed by atoms with van der Waals surface area (Å²) in [6.07, 6.45) is 1.93. The second-order valence-electron chi connectivity index (χ2n) is 10.5. The zero-order chi connectivity index (χ0) is 28.5. The number of carboxylic acid groups (broad SMARTS) is 1. The second-order valence-corrected chi connectivity index (χ2v) is 10.5. The highest BCUT2D eigenvalue weighted by Crippen LogP contribution is 2.31. The zero-order valence-electron chi connectivity index (χ0n) is 22.2. The molecule has 2 aliphatic rings. The van der Waals surface area contributed by atoms with Crippen LogP contribution in [0, 0.1) is 23.0 Å². The van der Waals surface area contributed by atoms with Gasteiger partial charge in [-0.2, -0.15) is 5.26 Å². The van der Waals surface area contributed by atoms with E-state index in [2.05, 4.69) is 9.47 Å². The minimum atomic E-state index is -0.976. The first-order chi connectivity index (χ1) is 19.9. The summed E-state index contributed by atoms with van der Waals surface area (Å²) in [5.41, 5.74) is 3.18. The molecular formula is C31H28F2N4O4. The van der Waals surface area contributed by atoms with E-state index in [0.29, 0.717) is 18.7 Å². The number of fused-ring (bicyclic) bond motifs is 1. The summed E-state index contributed by atoms with van der Waals surface area (Å²) in [5, 5.41) is 18.7. The number of benzene rings is 3. The number of hydrogen-bond donors (Lipinski definition) is 1. The minimum Gasteiger partial charge on any atom is -0.487 e. The Morgan fingerprint density at radius 2 is 2.00 bits per heavy atom. The van der Waals surface area contributed by atoms with E-state index in [1.54, 1.807) is 30.3 Å². The monoisotopic (exact) mass is 558 g/mol. The Balaban J connectivity index is 1.17. The van der Waals surface area contributed by atoms with Crippen molar-refractivity contribution >= 4 is 17.0 Å². The van der Waals surface area contributed by atoms with E-state index in [1.807, 2.05) is 6.07 Å². The van der Waals surface area contributed by atoms with E-state index >= 15 is 0 Å². The van der Waals surface area contributed by atoms with Crippen LogP contribution in [-0.2, 0) is 24.4 Å². The topological polar surface area (TPSA) is 101 Å². The molecule has 210 valence electrons. The van der Waals surface area contributed by atoms with Crippen molar-refractivity contribution in [2.24, 2.45) is 0 Å². The van der Waals surface area contributed by atoms with Crippen LogP contribution in [0.3, 0.4) is 0 Å². The zero-order valence-corrected chi connectivity index (χ0v) is 22.2. The third-order valence-electron chi connectivity index (χ3n) is 7.88. The number of aromatic carboxylic acids is 1. The number of aromatic nitrogens is 2. The molecular weight excluding hydrogens is 530 g/mol. The van der Waals surface area contributed by atoms with Crippen LogP contribution in [0.25, 0.3) is 11.0 Å². The van der Waals surface area contributed by atoms with Crippen molar-refractivity contribution in [1.29, 1.82) is 5.26 Å². The first-order valence-electron chi connectivity index (χ1n) is 13.5. The van der Waals surface area contributed by atoms with E-state index in [-0.39, 0.29) is 35.5 Å². The lowest BCUT2D eigenvalue weighted by Crippen LogP contribution is -2.32. The largest absolute Gasteiger partial charge is 0.487 e. The molecule has 10 heteroatoms. The Kier molecular flexibility index (Phi) is 7.39. The summed E-state index contributed by atoms with van der Waals surface area (Å²) < 4.78 is 41.5. The van der Waals surface area contributed by atoms with Gasteiger partial charge in [0.2, 0.25) is 0 Å². The van der Waals surface area contributed by atoms with Gasteiger partial charge < -0.3 is 19.1 Å². The lowest BCUT2D eigenvalue weighted by molar-refractivity contribution is -0.0591. The number of carbonyl (C=O) groups is 1. The molecule has 3 heterocycles. The summed E-state index contributed by atoms with van der Waals surface area (Å²) in [6.45, 7) is 3.45. The van der Waals surface area contributed by atoms with Gasteiger partial charge in [0.05, 0.1) is 41.4 Å². The highest BCUT2D eigenvalue weighted by molar-refractivity contribution is 5.92. The lowest BCUT2D eigenvalue weighted by Gasteiger charge is -2.28. The first kappa shape index (κ1) is 26.9. The van der Waals surface area contributed by atoms with Gasteiger partial charge in [0.25, 0.3) is 0 Å². The van der Waals surface area contributed by atoms with Gasteiger partial charge in [-0.05, 0) is 79.4 Å². The van der Waals surface area contributed by atoms with Gasteiger partial charge in [-0.15, -0.1) is 0 Å². The molecule has 2 aliphatic heterocycles. The SMILES string of the molecule is N#Cc1cc(F)ccc1OCc1cc([C@@H]2CCN(Cc3nc4ccc(C(=O)O)cc4n3C[C@@H]3CCO3)C2)ccc1F. The van der Waals surface area contributed by atoms with Gasteiger partial charge in [0.1, 0.15) is 35.9 Å². The third kappa shape index (κ3) is 5.64. The summed E-state index contributed by atoms with van der Waals surface area (Å²) in [5.74, 6) is -0.672. The number of likely N-dealkylation sites (tertiary alicyclic amines) is 1. The molecule has 4 aromatic rings. The quantitative estimate of drug-likeness (QED) is 0.300. The number of imidazole rings is 1. The summed E-state index contributed by atoms with van der Waals surface area (Å²) >= 11 is 0. The number of rotatable bonds is 9. The van der Waals surface area contributed by atoms with Crippen LogP contribution in [0.1, 0.15) is 51.6 Å². The maximum atomic E-state index is 14.7. The van der Waals surface area contributed by atoms with E-state index < -0.39 is 17.6 Å². The van der Waals surface area contributed by atoms with Crippen molar-refractivity contribution < 1.29 is 28.2 Å². The van der Waals surface area contributed by atoms with Crippen molar-refractivity contribution in [3.8, 4) is 11.8 Å². The average molecular weight is 559 g/mol. The normalized spacial score (nSPS) is 18.8. The van der Waals surface area contributed by atoms with E-state index in [0.717, 1.165) is 61.0 Å². The van der Waals surface area contributed by atoms with Crippen LogP contribution >= 0.6 is 0 Å². The average Bonchev–Trinajstić information content (AvgIpc) is 3.54. The second kappa shape index (κ2) is 11.3. The third-order valence-corrected chi connectivity index (χ3v) is 7.88. The highest BCUT2D eigenvalue weighted by atomic mass is 19.1. The van der Waals surface area contributed by atoms with Gasteiger partial charge in [-0.25, -0.2) is 18.6 Å². The van der Waals surface area contributed by atoms with E-state index in [9.17, 15) is 23.9 Å². The molecule has 0 unspecified atom stereocenters. The maximum Gasteiger partial charge on any atom is 0.335 e. The fourth-order valence-electron chi connectivity index (χ4n) is 5.54. The molecule has 0 amide bonds. The molecule has 0 radical (unpaired) electrons. The van der Waals surface area contributed by atoms with Gasteiger partial charge in [-0.1, -0.05) is 6.07 Å². The molecule has 2 atom stereocenters. The van der Waals surface area contributed by atoms with E-state index in [4.69, 9.17) is 14.5 Å². The molecule has 8 nitrogen and oxygen atoms in total. The Hall–Kier alpha value is -4.33. The molecule has 0 bridgehead atoms. The van der Waals surface area contributed by atoms with Crippen molar-refractivity contribution in [1.82, 2.24) is 14.5 Å². The fraction of sp³-hybridized carbons (Fsp3) is 0.323. The summed E-state index contributed by atoms with van der Waals surface area (Å²) in [4.78, 5) is 18.7. The number of ether oxygens (including phenoxy) is 2. The molecule has 0 saturated carbocycles. The van der Waals surface area contributed by atoms with Gasteiger partial charge >= 0.3 is 5.97 Å². The number of nitrogens with zero attached hydrogens (tertiary/aromatic N) is 4. The van der Waals surface area contributed by atoms with Crippen LogP contribution in [0.2, 0.25) is 0 Å². The number of hydrogen-bond acceptors (Lipinski definition) is 6. The standard InChI is InChI=1S/C31H28F2N4O4/c32-24-3-6-29(22(12-24)14-34)41-18-23-11-19(1-4-26(23)33)21-7-9-36(15-21)17-30-35-27-5-2-20(31(38)39)13-28(27)37(30)16-25-8-10-40-25/h1-6,11-13,21,25H,7-10,15-18H2,(H,38,39)/t21-,25+/m1/s1. The van der Waals surface area contributed by atoms with Crippen LogP contribution in [0.4, 0.5) is 8.78 Å². The van der Waals surface area contributed by atoms with Crippen LogP contribution in [0.5, 0.6) is 5.75 Å². The van der Waals surface area contributed by atoms with Gasteiger partial charge in [0.15, 0.2) is 0 Å². The number of halogens is 2. The lowest BCUT2D eigenvalue weighted by atomic mass is 9.96. The van der Waals surface area contributed by atoms with E-state index in [1.165, 1.54) is 18.2 Å². The Morgan fingerprint density at radius 3 is 2.76 bits per heavy atom.